The Balaban J connectivity index is -0.00000128. The molecule has 0 saturated carbocycles. The minimum absolute atomic E-state index is 0. The molecule has 0 rings (SSSR count). The SMILES string of the molecule is CCCC[N+](CCCC)(CCCC)CCCC.[Cl-].[Na]. The first-order chi connectivity index (χ1) is 8.24. The summed E-state index contributed by atoms with van der Waals surface area (Å²) in [6.45, 7) is 15.0. The smallest absolute Gasteiger partial charge is 0.0786 e. The van der Waals surface area contributed by atoms with Crippen LogP contribution in [-0.4, -0.2) is 60.2 Å². The molecule has 0 amide bonds. The van der Waals surface area contributed by atoms with E-state index in [1.807, 2.05) is 0 Å². The molecule has 0 heterocycles. The van der Waals surface area contributed by atoms with Crippen LogP contribution in [0.1, 0.15) is 79.1 Å². The van der Waals surface area contributed by atoms with E-state index in [4.69, 9.17) is 0 Å². The molecule has 0 aliphatic rings. The van der Waals surface area contributed by atoms with Crippen molar-refractivity contribution in [2.45, 2.75) is 79.1 Å². The molecule has 19 heavy (non-hydrogen) atoms. The maximum absolute atomic E-state index is 2.33. The van der Waals surface area contributed by atoms with Gasteiger partial charge >= 0.3 is 0 Å². The third-order valence-electron chi connectivity index (χ3n) is 3.94. The Kier molecular flexibility index (Phi) is 23.0. The number of halogens is 1. The molecule has 0 bridgehead atoms. The molecular weight excluding hydrogens is 265 g/mol. The Morgan fingerprint density at radius 2 is 0.737 bits per heavy atom. The predicted molar refractivity (Wildman–Crippen MR) is 85.1 cm³/mol. The van der Waals surface area contributed by atoms with Gasteiger partial charge in [0.15, 0.2) is 0 Å². The van der Waals surface area contributed by atoms with Crippen LogP contribution in [0, 0.1) is 0 Å². The van der Waals surface area contributed by atoms with E-state index in [1.54, 1.807) is 0 Å². The van der Waals surface area contributed by atoms with Crippen LogP contribution in [0.5, 0.6) is 0 Å². The van der Waals surface area contributed by atoms with E-state index in [2.05, 4.69) is 27.7 Å². The second-order valence-corrected chi connectivity index (χ2v) is 5.65. The first-order valence-corrected chi connectivity index (χ1v) is 8.09. The summed E-state index contributed by atoms with van der Waals surface area (Å²) in [7, 11) is 0. The Labute approximate surface area is 151 Å². The molecule has 0 aromatic rings. The third-order valence-corrected chi connectivity index (χ3v) is 3.94. The van der Waals surface area contributed by atoms with Gasteiger partial charge in [0.2, 0.25) is 0 Å². The van der Waals surface area contributed by atoms with E-state index in [0.717, 1.165) is 0 Å². The van der Waals surface area contributed by atoms with Gasteiger partial charge in [-0.1, -0.05) is 53.4 Å². The molecule has 113 valence electrons. The fourth-order valence-corrected chi connectivity index (χ4v) is 2.64. The summed E-state index contributed by atoms with van der Waals surface area (Å²) >= 11 is 0. The summed E-state index contributed by atoms with van der Waals surface area (Å²) in [6, 6.07) is 0. The summed E-state index contributed by atoms with van der Waals surface area (Å²) in [5.74, 6) is 0. The Bertz CT molecular complexity index is 127. The summed E-state index contributed by atoms with van der Waals surface area (Å²) in [5, 5.41) is 0. The third kappa shape index (κ3) is 12.7. The van der Waals surface area contributed by atoms with E-state index in [9.17, 15) is 0 Å². The maximum Gasteiger partial charge on any atom is 0.0786 e. The van der Waals surface area contributed by atoms with Crippen LogP contribution in [0.25, 0.3) is 0 Å². The van der Waals surface area contributed by atoms with Crippen LogP contribution in [-0.2, 0) is 0 Å². The topological polar surface area (TPSA) is 0 Å². The van der Waals surface area contributed by atoms with Crippen LogP contribution in [0.4, 0.5) is 0 Å². The van der Waals surface area contributed by atoms with Gasteiger partial charge in [-0.3, -0.25) is 0 Å². The quantitative estimate of drug-likeness (QED) is 0.380. The Morgan fingerprint density at radius 3 is 0.895 bits per heavy atom. The zero-order valence-electron chi connectivity index (χ0n) is 14.3. The fraction of sp³-hybridized carbons (Fsp3) is 1.00. The Morgan fingerprint density at radius 1 is 0.526 bits per heavy atom. The molecule has 0 fully saturated rings. The van der Waals surface area contributed by atoms with Crippen LogP contribution in [0.15, 0.2) is 0 Å². The first kappa shape index (κ1) is 25.2. The van der Waals surface area contributed by atoms with Crippen LogP contribution in [0.2, 0.25) is 0 Å². The molecule has 0 aromatic carbocycles. The van der Waals surface area contributed by atoms with Crippen molar-refractivity contribution in [3.63, 3.8) is 0 Å². The van der Waals surface area contributed by atoms with E-state index >= 15 is 0 Å². The molecule has 0 aromatic heterocycles. The molecule has 0 aliphatic heterocycles. The van der Waals surface area contributed by atoms with Gasteiger partial charge in [0.05, 0.1) is 26.2 Å². The zero-order valence-corrected chi connectivity index (χ0v) is 17.1. The molecule has 0 aliphatic carbocycles. The second kappa shape index (κ2) is 17.3. The van der Waals surface area contributed by atoms with E-state index in [-0.39, 0.29) is 42.0 Å². The van der Waals surface area contributed by atoms with Crippen molar-refractivity contribution < 1.29 is 16.9 Å². The summed E-state index contributed by atoms with van der Waals surface area (Å²) in [4.78, 5) is 0. The van der Waals surface area contributed by atoms with Crippen molar-refractivity contribution in [2.24, 2.45) is 0 Å². The predicted octanol–water partition coefficient (Wildman–Crippen LogP) is 1.63. The number of hydrogen-bond acceptors (Lipinski definition) is 0. The molecular formula is C16H36ClNNa. The standard InChI is InChI=1S/C16H36N.ClH.Na/c1-5-9-13-17(14-10-6-2,15-11-7-3)16-12-8-4;;/h5-16H2,1-4H3;1H;/q+1;;/p-1. The van der Waals surface area contributed by atoms with Gasteiger partial charge in [-0.25, -0.2) is 0 Å². The van der Waals surface area contributed by atoms with E-state index < -0.39 is 0 Å². The van der Waals surface area contributed by atoms with Gasteiger partial charge in [-0.2, -0.15) is 0 Å². The van der Waals surface area contributed by atoms with Crippen LogP contribution >= 0.6 is 0 Å². The number of rotatable bonds is 12. The molecule has 1 nitrogen and oxygen atoms in total. The van der Waals surface area contributed by atoms with Crippen molar-refractivity contribution in [3.05, 3.63) is 0 Å². The largest absolute Gasteiger partial charge is 1.00 e. The molecule has 0 saturated heterocycles. The molecule has 3 heteroatoms. The summed E-state index contributed by atoms with van der Waals surface area (Å²) in [6.07, 6.45) is 11.1. The van der Waals surface area contributed by atoms with Crippen molar-refractivity contribution in [2.75, 3.05) is 26.2 Å². The normalized spacial score (nSPS) is 10.7. The second-order valence-electron chi connectivity index (χ2n) is 5.65. The van der Waals surface area contributed by atoms with Gasteiger partial charge in [0.25, 0.3) is 0 Å². The van der Waals surface area contributed by atoms with Crippen molar-refractivity contribution in [3.8, 4) is 0 Å². The number of hydrogen-bond donors (Lipinski definition) is 0. The number of nitrogens with zero attached hydrogens (tertiary/aromatic N) is 1. The monoisotopic (exact) mass is 300 g/mol. The maximum atomic E-state index is 2.33. The van der Waals surface area contributed by atoms with E-state index in [0.29, 0.717) is 0 Å². The molecule has 0 N–H and O–H groups in total. The summed E-state index contributed by atoms with van der Waals surface area (Å²) in [5.41, 5.74) is 0. The van der Waals surface area contributed by atoms with E-state index in [1.165, 1.54) is 82.0 Å². The number of unbranched alkanes of at least 4 members (excludes halogenated alkanes) is 4. The van der Waals surface area contributed by atoms with Gasteiger partial charge in [0.1, 0.15) is 0 Å². The van der Waals surface area contributed by atoms with Crippen molar-refractivity contribution in [1.82, 2.24) is 0 Å². The van der Waals surface area contributed by atoms with Crippen LogP contribution in [0.3, 0.4) is 0 Å². The summed E-state index contributed by atoms with van der Waals surface area (Å²) < 4.78 is 1.42. The molecule has 0 atom stereocenters. The van der Waals surface area contributed by atoms with Gasteiger partial charge in [0, 0.05) is 29.6 Å². The minimum atomic E-state index is 0. The Hall–Kier alpha value is 1.25. The van der Waals surface area contributed by atoms with Gasteiger partial charge < -0.3 is 16.9 Å². The molecule has 0 unspecified atom stereocenters. The average Bonchev–Trinajstić information content (AvgIpc) is 2.37. The molecule has 0 spiro atoms. The zero-order chi connectivity index (χ0) is 13.0. The number of quaternary nitrogens is 1. The van der Waals surface area contributed by atoms with Crippen molar-refractivity contribution in [1.29, 1.82) is 0 Å². The van der Waals surface area contributed by atoms with Crippen LogP contribution < -0.4 is 12.4 Å². The van der Waals surface area contributed by atoms with Gasteiger partial charge in [-0.15, -0.1) is 0 Å². The molecule has 1 radical (unpaired) electrons. The average molecular weight is 301 g/mol. The van der Waals surface area contributed by atoms with Crippen molar-refractivity contribution >= 4 is 29.6 Å². The first-order valence-electron chi connectivity index (χ1n) is 8.09. The van der Waals surface area contributed by atoms with Gasteiger partial charge in [-0.05, 0) is 25.7 Å². The minimum Gasteiger partial charge on any atom is -1.00 e. The fourth-order valence-electron chi connectivity index (χ4n) is 2.64.